The summed E-state index contributed by atoms with van der Waals surface area (Å²) >= 11 is 0. The van der Waals surface area contributed by atoms with Gasteiger partial charge in [0.2, 0.25) is 5.91 Å². The zero-order chi connectivity index (χ0) is 19.7. The Morgan fingerprint density at radius 1 is 1.26 bits per heavy atom. The molecule has 1 saturated heterocycles. The molecule has 1 unspecified atom stereocenters. The molecule has 27 heavy (non-hydrogen) atoms. The monoisotopic (exact) mass is 381 g/mol. The summed E-state index contributed by atoms with van der Waals surface area (Å²) in [5.41, 5.74) is -0.316. The van der Waals surface area contributed by atoms with Gasteiger partial charge in [-0.25, -0.2) is 0 Å². The Bertz CT molecular complexity index is 489. The van der Waals surface area contributed by atoms with Crippen LogP contribution < -0.4 is 10.6 Å². The number of nitrogens with one attached hydrogen (secondary N) is 2. The molecule has 156 valence electrons. The summed E-state index contributed by atoms with van der Waals surface area (Å²) in [6.45, 7) is 7.24. The minimum Gasteiger partial charge on any atom is -0.383 e. The van der Waals surface area contributed by atoms with Gasteiger partial charge in [-0.05, 0) is 39.2 Å². The summed E-state index contributed by atoms with van der Waals surface area (Å²) in [7, 11) is 5.46. The van der Waals surface area contributed by atoms with E-state index in [1.807, 2.05) is 14.1 Å². The van der Waals surface area contributed by atoms with Gasteiger partial charge in [-0.3, -0.25) is 14.7 Å². The van der Waals surface area contributed by atoms with Gasteiger partial charge in [0.1, 0.15) is 0 Å². The fourth-order valence-corrected chi connectivity index (χ4v) is 4.38. The number of hydrogen-bond acceptors (Lipinski definition) is 4. The van der Waals surface area contributed by atoms with E-state index < -0.39 is 0 Å². The Hall–Kier alpha value is -1.34. The van der Waals surface area contributed by atoms with Crippen molar-refractivity contribution in [3.05, 3.63) is 0 Å². The molecule has 0 spiro atoms. The van der Waals surface area contributed by atoms with Crippen LogP contribution in [0, 0.1) is 5.41 Å². The molecule has 1 aliphatic heterocycles. The van der Waals surface area contributed by atoms with Crippen molar-refractivity contribution in [3.8, 4) is 0 Å². The van der Waals surface area contributed by atoms with Crippen molar-refractivity contribution in [3.63, 3.8) is 0 Å². The Balaban J connectivity index is 1.96. The second-order valence-electron chi connectivity index (χ2n) is 8.09. The average Bonchev–Trinajstić information content (AvgIpc) is 3.31. The van der Waals surface area contributed by atoms with E-state index in [1.54, 1.807) is 12.0 Å². The molecule has 1 heterocycles. The topological polar surface area (TPSA) is 69.2 Å². The number of likely N-dealkylation sites (tertiary alicyclic amines) is 1. The summed E-state index contributed by atoms with van der Waals surface area (Å²) in [5.74, 6) is 1.05. The van der Waals surface area contributed by atoms with E-state index in [2.05, 4.69) is 22.5 Å². The molecule has 2 N–H and O–H groups in total. The Morgan fingerprint density at radius 3 is 2.63 bits per heavy atom. The standard InChI is InChI=1S/C20H39N5O2/c1-5-21-19(22-15-17-9-8-12-25(17)13-14-27-4)23-16-20(10-6-7-11-20)18(26)24(2)3/h17H,5-16H2,1-4H3,(H2,21,22,23). The summed E-state index contributed by atoms with van der Waals surface area (Å²) in [6.07, 6.45) is 6.58. The van der Waals surface area contributed by atoms with E-state index in [0.29, 0.717) is 12.6 Å². The maximum absolute atomic E-state index is 12.7. The van der Waals surface area contributed by atoms with Gasteiger partial charge >= 0.3 is 0 Å². The summed E-state index contributed by atoms with van der Waals surface area (Å²) in [5, 5.41) is 6.85. The first kappa shape index (κ1) is 22.0. The highest BCUT2D eigenvalue weighted by atomic mass is 16.5. The second-order valence-corrected chi connectivity index (χ2v) is 8.09. The molecule has 2 fully saturated rings. The van der Waals surface area contributed by atoms with Crippen molar-refractivity contribution in [2.24, 2.45) is 10.4 Å². The molecule has 1 saturated carbocycles. The first-order valence-corrected chi connectivity index (χ1v) is 10.5. The van der Waals surface area contributed by atoms with Crippen molar-refractivity contribution in [1.29, 1.82) is 0 Å². The third-order valence-electron chi connectivity index (χ3n) is 5.89. The van der Waals surface area contributed by atoms with Crippen molar-refractivity contribution >= 4 is 11.9 Å². The van der Waals surface area contributed by atoms with E-state index in [4.69, 9.17) is 9.73 Å². The van der Waals surface area contributed by atoms with Crippen molar-refractivity contribution in [2.45, 2.75) is 51.5 Å². The van der Waals surface area contributed by atoms with Crippen LogP contribution >= 0.6 is 0 Å². The molecule has 1 aliphatic carbocycles. The number of guanidine groups is 1. The highest BCUT2D eigenvalue weighted by molar-refractivity contribution is 5.84. The van der Waals surface area contributed by atoms with Gasteiger partial charge in [0.25, 0.3) is 0 Å². The van der Waals surface area contributed by atoms with Crippen LogP contribution in [0.2, 0.25) is 0 Å². The van der Waals surface area contributed by atoms with Crippen molar-refractivity contribution < 1.29 is 9.53 Å². The lowest BCUT2D eigenvalue weighted by molar-refractivity contribution is -0.138. The number of aliphatic imine (C=N–C) groups is 1. The van der Waals surface area contributed by atoms with Crippen LogP contribution in [-0.2, 0) is 9.53 Å². The largest absolute Gasteiger partial charge is 0.383 e. The quantitative estimate of drug-likeness (QED) is 0.465. The lowest BCUT2D eigenvalue weighted by atomic mass is 9.85. The van der Waals surface area contributed by atoms with E-state index >= 15 is 0 Å². The summed E-state index contributed by atoms with van der Waals surface area (Å²) in [6, 6.07) is 0.521. The number of methoxy groups -OCH3 is 1. The maximum atomic E-state index is 12.7. The molecule has 0 bridgehead atoms. The molecule has 1 amide bonds. The highest BCUT2D eigenvalue weighted by Gasteiger charge is 2.42. The molecule has 2 aliphatic rings. The van der Waals surface area contributed by atoms with Crippen LogP contribution in [0.25, 0.3) is 0 Å². The second kappa shape index (κ2) is 10.9. The van der Waals surface area contributed by atoms with Crippen molar-refractivity contribution in [2.75, 3.05) is 60.5 Å². The minimum atomic E-state index is -0.316. The lowest BCUT2D eigenvalue weighted by Crippen LogP contribution is -2.46. The van der Waals surface area contributed by atoms with E-state index in [-0.39, 0.29) is 11.3 Å². The highest BCUT2D eigenvalue weighted by Crippen LogP contribution is 2.39. The van der Waals surface area contributed by atoms with Gasteiger partial charge in [-0.1, -0.05) is 12.8 Å². The van der Waals surface area contributed by atoms with E-state index in [9.17, 15) is 4.79 Å². The fourth-order valence-electron chi connectivity index (χ4n) is 4.38. The zero-order valence-corrected chi connectivity index (χ0v) is 17.7. The van der Waals surface area contributed by atoms with Gasteiger partial charge in [0.15, 0.2) is 5.96 Å². The van der Waals surface area contributed by atoms with Gasteiger partial charge in [-0.15, -0.1) is 0 Å². The molecule has 0 radical (unpaired) electrons. The van der Waals surface area contributed by atoms with Crippen LogP contribution in [0.3, 0.4) is 0 Å². The number of carbonyl (C=O) groups excluding carboxylic acids is 1. The molecular weight excluding hydrogens is 342 g/mol. The number of nitrogens with zero attached hydrogens (tertiary/aromatic N) is 3. The lowest BCUT2D eigenvalue weighted by Gasteiger charge is -2.29. The summed E-state index contributed by atoms with van der Waals surface area (Å²) < 4.78 is 5.23. The first-order valence-electron chi connectivity index (χ1n) is 10.5. The number of ether oxygens (including phenoxy) is 1. The summed E-state index contributed by atoms with van der Waals surface area (Å²) in [4.78, 5) is 21.8. The van der Waals surface area contributed by atoms with Crippen molar-refractivity contribution in [1.82, 2.24) is 20.4 Å². The molecule has 0 aromatic carbocycles. The third kappa shape index (κ3) is 6.07. The van der Waals surface area contributed by atoms with Gasteiger partial charge in [0, 0.05) is 46.9 Å². The number of amides is 1. The Kier molecular flexibility index (Phi) is 8.83. The average molecular weight is 382 g/mol. The number of rotatable bonds is 9. The Morgan fingerprint density at radius 2 is 2.00 bits per heavy atom. The predicted octanol–water partition coefficient (Wildman–Crippen LogP) is 1.30. The normalized spacial score (nSPS) is 22.8. The Labute approximate surface area is 164 Å². The zero-order valence-electron chi connectivity index (χ0n) is 17.7. The van der Waals surface area contributed by atoms with Crippen LogP contribution in [0.1, 0.15) is 45.4 Å². The molecule has 0 aromatic rings. The van der Waals surface area contributed by atoms with Crippen LogP contribution in [0.4, 0.5) is 0 Å². The smallest absolute Gasteiger partial charge is 0.230 e. The molecule has 0 aromatic heterocycles. The SMILES string of the molecule is CCNC(=NCC1(C(=O)N(C)C)CCCC1)NCC1CCCN1CCOC. The van der Waals surface area contributed by atoms with Crippen LogP contribution in [-0.4, -0.2) is 88.2 Å². The molecule has 2 rings (SSSR count). The van der Waals surface area contributed by atoms with Crippen LogP contribution in [0.15, 0.2) is 4.99 Å². The number of carbonyl (C=O) groups is 1. The number of hydrogen-bond donors (Lipinski definition) is 2. The molecule has 1 atom stereocenters. The van der Waals surface area contributed by atoms with Crippen LogP contribution in [0.5, 0.6) is 0 Å². The predicted molar refractivity (Wildman–Crippen MR) is 110 cm³/mol. The van der Waals surface area contributed by atoms with Gasteiger partial charge < -0.3 is 20.3 Å². The van der Waals surface area contributed by atoms with Gasteiger partial charge in [0.05, 0.1) is 18.6 Å². The van der Waals surface area contributed by atoms with Gasteiger partial charge in [-0.2, -0.15) is 0 Å². The van der Waals surface area contributed by atoms with E-state index in [1.165, 1.54) is 12.8 Å². The fraction of sp³-hybridized carbons (Fsp3) is 0.900. The third-order valence-corrected chi connectivity index (χ3v) is 5.89. The molecule has 7 heteroatoms. The van der Waals surface area contributed by atoms with E-state index in [0.717, 1.165) is 64.4 Å². The minimum absolute atomic E-state index is 0.223. The maximum Gasteiger partial charge on any atom is 0.230 e. The molecular formula is C20H39N5O2. The first-order chi connectivity index (χ1) is 13.0. The molecule has 7 nitrogen and oxygen atoms in total.